The number of hydrogen-bond acceptors (Lipinski definition) is 2. The lowest BCUT2D eigenvalue weighted by atomic mass is 9.81. The molecule has 3 nitrogen and oxygen atoms in total. The SMILES string of the molecule is COc1cccc(CC(C)(C)Cc2cc(CC(C)(C)C)[nH]n2)c1. The molecule has 0 spiro atoms. The average molecular weight is 314 g/mol. The van der Waals surface area contributed by atoms with E-state index in [9.17, 15) is 0 Å². The lowest BCUT2D eigenvalue weighted by Gasteiger charge is -2.24. The van der Waals surface area contributed by atoms with Gasteiger partial charge in [-0.2, -0.15) is 5.10 Å². The predicted octanol–water partition coefficient (Wildman–Crippen LogP) is 4.82. The molecule has 0 unspecified atom stereocenters. The van der Waals surface area contributed by atoms with E-state index < -0.39 is 0 Å². The van der Waals surface area contributed by atoms with Crippen molar-refractivity contribution in [2.75, 3.05) is 7.11 Å². The number of rotatable bonds is 6. The van der Waals surface area contributed by atoms with E-state index in [0.29, 0.717) is 0 Å². The summed E-state index contributed by atoms with van der Waals surface area (Å²) >= 11 is 0. The van der Waals surface area contributed by atoms with E-state index in [-0.39, 0.29) is 10.8 Å². The molecule has 1 heterocycles. The summed E-state index contributed by atoms with van der Waals surface area (Å²) in [6, 6.07) is 10.6. The van der Waals surface area contributed by atoms with Gasteiger partial charge in [-0.15, -0.1) is 0 Å². The normalized spacial score (nSPS) is 12.4. The summed E-state index contributed by atoms with van der Waals surface area (Å²) in [7, 11) is 1.71. The van der Waals surface area contributed by atoms with E-state index in [1.807, 2.05) is 6.07 Å². The number of aromatic nitrogens is 2. The molecule has 2 rings (SSSR count). The smallest absolute Gasteiger partial charge is 0.119 e. The maximum absolute atomic E-state index is 5.32. The van der Waals surface area contributed by atoms with Gasteiger partial charge >= 0.3 is 0 Å². The molecule has 0 atom stereocenters. The van der Waals surface area contributed by atoms with Crippen molar-refractivity contribution in [3.05, 3.63) is 47.3 Å². The molecular formula is C20H30N2O. The van der Waals surface area contributed by atoms with Crippen LogP contribution < -0.4 is 4.74 Å². The number of nitrogens with zero attached hydrogens (tertiary/aromatic N) is 1. The number of hydrogen-bond donors (Lipinski definition) is 1. The number of H-pyrrole nitrogens is 1. The molecular weight excluding hydrogens is 284 g/mol. The Morgan fingerprint density at radius 3 is 2.39 bits per heavy atom. The number of benzene rings is 1. The van der Waals surface area contributed by atoms with Crippen LogP contribution in [-0.4, -0.2) is 17.3 Å². The summed E-state index contributed by atoms with van der Waals surface area (Å²) in [6.45, 7) is 11.3. The number of nitrogens with one attached hydrogen (secondary N) is 1. The van der Waals surface area contributed by atoms with Gasteiger partial charge in [0, 0.05) is 5.69 Å². The van der Waals surface area contributed by atoms with E-state index >= 15 is 0 Å². The molecule has 0 saturated heterocycles. The van der Waals surface area contributed by atoms with Crippen molar-refractivity contribution < 1.29 is 4.74 Å². The Balaban J connectivity index is 2.03. The molecule has 3 heteroatoms. The summed E-state index contributed by atoms with van der Waals surface area (Å²) < 4.78 is 5.32. The van der Waals surface area contributed by atoms with Gasteiger partial charge in [-0.05, 0) is 53.9 Å². The molecule has 0 aliphatic heterocycles. The second kappa shape index (κ2) is 6.77. The third-order valence-corrected chi connectivity index (χ3v) is 3.88. The molecule has 0 amide bonds. The van der Waals surface area contributed by atoms with Gasteiger partial charge in [-0.1, -0.05) is 46.8 Å². The minimum Gasteiger partial charge on any atom is -0.497 e. The summed E-state index contributed by atoms with van der Waals surface area (Å²) in [5.74, 6) is 0.922. The average Bonchev–Trinajstić information content (AvgIpc) is 2.82. The van der Waals surface area contributed by atoms with Crippen molar-refractivity contribution in [3.8, 4) is 5.75 Å². The van der Waals surface area contributed by atoms with Gasteiger partial charge in [-0.3, -0.25) is 5.10 Å². The van der Waals surface area contributed by atoms with Gasteiger partial charge in [0.25, 0.3) is 0 Å². The van der Waals surface area contributed by atoms with Crippen LogP contribution in [0, 0.1) is 10.8 Å². The van der Waals surface area contributed by atoms with Crippen molar-refractivity contribution in [1.29, 1.82) is 0 Å². The zero-order valence-corrected chi connectivity index (χ0v) is 15.4. The highest BCUT2D eigenvalue weighted by Gasteiger charge is 2.22. The number of methoxy groups -OCH3 is 1. The molecule has 0 saturated carbocycles. The molecule has 0 aliphatic carbocycles. The van der Waals surface area contributed by atoms with Crippen molar-refractivity contribution in [2.45, 2.75) is 53.9 Å². The van der Waals surface area contributed by atoms with Crippen molar-refractivity contribution >= 4 is 0 Å². The van der Waals surface area contributed by atoms with Gasteiger partial charge in [0.1, 0.15) is 5.75 Å². The van der Waals surface area contributed by atoms with Crippen molar-refractivity contribution in [1.82, 2.24) is 10.2 Å². The first-order valence-electron chi connectivity index (χ1n) is 8.33. The predicted molar refractivity (Wildman–Crippen MR) is 95.9 cm³/mol. The van der Waals surface area contributed by atoms with E-state index in [0.717, 1.165) is 30.7 Å². The standard InChI is InChI=1S/C20H30N2O/c1-19(2,3)13-16-11-17(22-21-16)14-20(4,5)12-15-8-7-9-18(10-15)23-6/h7-11H,12-14H2,1-6H3,(H,21,22). The highest BCUT2D eigenvalue weighted by atomic mass is 16.5. The molecule has 0 fully saturated rings. The van der Waals surface area contributed by atoms with Crippen LogP contribution >= 0.6 is 0 Å². The summed E-state index contributed by atoms with van der Waals surface area (Å²) in [5.41, 5.74) is 4.11. The third-order valence-electron chi connectivity index (χ3n) is 3.88. The van der Waals surface area contributed by atoms with Gasteiger partial charge in [0.15, 0.2) is 0 Å². The number of ether oxygens (including phenoxy) is 1. The molecule has 1 N–H and O–H groups in total. The Hall–Kier alpha value is -1.77. The lowest BCUT2D eigenvalue weighted by molar-refractivity contribution is 0.355. The first-order chi connectivity index (χ1) is 10.7. The highest BCUT2D eigenvalue weighted by molar-refractivity contribution is 5.29. The van der Waals surface area contributed by atoms with Gasteiger partial charge in [0.2, 0.25) is 0 Å². The fraction of sp³-hybridized carbons (Fsp3) is 0.550. The Kier molecular flexibility index (Phi) is 5.18. The first kappa shape index (κ1) is 17.6. The maximum Gasteiger partial charge on any atom is 0.119 e. The summed E-state index contributed by atoms with van der Waals surface area (Å²) in [6.07, 6.45) is 2.99. The minimum absolute atomic E-state index is 0.153. The second-order valence-electron chi connectivity index (χ2n) is 8.49. The first-order valence-corrected chi connectivity index (χ1v) is 8.33. The molecule has 0 aliphatic rings. The molecule has 2 aromatic rings. The van der Waals surface area contributed by atoms with E-state index in [4.69, 9.17) is 4.74 Å². The Labute approximate surface area is 140 Å². The third kappa shape index (κ3) is 5.74. The Morgan fingerprint density at radius 2 is 1.74 bits per heavy atom. The lowest BCUT2D eigenvalue weighted by Crippen LogP contribution is -2.18. The van der Waals surface area contributed by atoms with E-state index in [1.54, 1.807) is 7.11 Å². The second-order valence-corrected chi connectivity index (χ2v) is 8.49. The van der Waals surface area contributed by atoms with Gasteiger partial charge in [0.05, 0.1) is 12.8 Å². The van der Waals surface area contributed by atoms with Crippen LogP contribution in [0.4, 0.5) is 0 Å². The zero-order chi connectivity index (χ0) is 17.1. The van der Waals surface area contributed by atoms with Crippen LogP contribution in [0.5, 0.6) is 5.75 Å². The zero-order valence-electron chi connectivity index (χ0n) is 15.4. The Morgan fingerprint density at radius 1 is 1.00 bits per heavy atom. The quantitative estimate of drug-likeness (QED) is 0.830. The van der Waals surface area contributed by atoms with Gasteiger partial charge in [-0.25, -0.2) is 0 Å². The van der Waals surface area contributed by atoms with Crippen molar-refractivity contribution in [2.24, 2.45) is 10.8 Å². The van der Waals surface area contributed by atoms with Crippen LogP contribution in [0.1, 0.15) is 51.6 Å². The Bertz CT molecular complexity index is 635. The van der Waals surface area contributed by atoms with Crippen LogP contribution in [0.25, 0.3) is 0 Å². The van der Waals surface area contributed by atoms with Gasteiger partial charge < -0.3 is 4.74 Å². The molecule has 126 valence electrons. The number of aromatic amines is 1. The van der Waals surface area contributed by atoms with Crippen molar-refractivity contribution in [3.63, 3.8) is 0 Å². The van der Waals surface area contributed by atoms with Crippen LogP contribution in [0.15, 0.2) is 30.3 Å². The topological polar surface area (TPSA) is 37.9 Å². The van der Waals surface area contributed by atoms with Crippen LogP contribution in [0.2, 0.25) is 0 Å². The minimum atomic E-state index is 0.153. The molecule has 23 heavy (non-hydrogen) atoms. The van der Waals surface area contributed by atoms with E-state index in [2.05, 4.69) is 69.1 Å². The molecule has 1 aromatic carbocycles. The molecule has 0 radical (unpaired) electrons. The largest absolute Gasteiger partial charge is 0.497 e. The maximum atomic E-state index is 5.32. The summed E-state index contributed by atoms with van der Waals surface area (Å²) in [4.78, 5) is 0. The monoisotopic (exact) mass is 314 g/mol. The highest BCUT2D eigenvalue weighted by Crippen LogP contribution is 2.28. The molecule has 0 bridgehead atoms. The fourth-order valence-electron chi connectivity index (χ4n) is 3.05. The summed E-state index contributed by atoms with van der Waals surface area (Å²) in [5, 5.41) is 7.71. The van der Waals surface area contributed by atoms with E-state index in [1.165, 1.54) is 11.3 Å². The molecule has 1 aromatic heterocycles. The van der Waals surface area contributed by atoms with Crippen LogP contribution in [-0.2, 0) is 19.3 Å². The fourth-order valence-corrected chi connectivity index (χ4v) is 3.05. The van der Waals surface area contributed by atoms with Crippen LogP contribution in [0.3, 0.4) is 0 Å².